The Balaban J connectivity index is 2.54. The molecule has 1 heteroatoms. The van der Waals surface area contributed by atoms with Crippen LogP contribution in [0, 0.1) is 5.92 Å². The fourth-order valence-electron chi connectivity index (χ4n) is 2.07. The number of allylic oxidation sites excluding steroid dienone is 2. The zero-order valence-corrected chi connectivity index (χ0v) is 8.81. The fraction of sp³-hybridized carbons (Fsp3) is 0.750. The second-order valence-corrected chi connectivity index (χ2v) is 4.00. The first-order valence-corrected chi connectivity index (χ1v) is 5.45. The molecule has 1 aliphatic rings. The zero-order valence-electron chi connectivity index (χ0n) is 8.81. The van der Waals surface area contributed by atoms with E-state index in [9.17, 15) is 4.79 Å². The molecule has 0 heterocycles. The minimum atomic E-state index is 0.257. The van der Waals surface area contributed by atoms with Crippen LogP contribution in [0.5, 0.6) is 0 Å². The molecular weight excluding hydrogens is 160 g/mol. The Morgan fingerprint density at radius 1 is 1.31 bits per heavy atom. The molecule has 74 valence electrons. The fourth-order valence-corrected chi connectivity index (χ4v) is 2.07. The van der Waals surface area contributed by atoms with E-state index in [4.69, 9.17) is 0 Å². The van der Waals surface area contributed by atoms with Crippen molar-refractivity contribution in [3.63, 3.8) is 0 Å². The summed E-state index contributed by atoms with van der Waals surface area (Å²) in [6, 6.07) is 0. The molecule has 0 N–H and O–H groups in total. The van der Waals surface area contributed by atoms with Crippen LogP contribution >= 0.6 is 0 Å². The molecule has 0 amide bonds. The first-order chi connectivity index (χ1) is 6.24. The van der Waals surface area contributed by atoms with Gasteiger partial charge in [-0.15, -0.1) is 0 Å². The van der Waals surface area contributed by atoms with Crippen molar-refractivity contribution < 1.29 is 4.79 Å². The van der Waals surface area contributed by atoms with E-state index in [0.717, 1.165) is 12.0 Å². The van der Waals surface area contributed by atoms with E-state index >= 15 is 0 Å². The van der Waals surface area contributed by atoms with Gasteiger partial charge < -0.3 is 0 Å². The minimum Gasteiger partial charge on any atom is -0.295 e. The van der Waals surface area contributed by atoms with Crippen LogP contribution in [0.25, 0.3) is 0 Å². The number of hydrogen-bond acceptors (Lipinski definition) is 1. The third-order valence-electron chi connectivity index (χ3n) is 2.92. The van der Waals surface area contributed by atoms with E-state index in [1.54, 1.807) is 6.92 Å². The third kappa shape index (κ3) is 3.33. The average molecular weight is 180 g/mol. The number of carbonyl (C=O) groups excluding carboxylic acids is 1. The Morgan fingerprint density at radius 3 is 2.38 bits per heavy atom. The van der Waals surface area contributed by atoms with Gasteiger partial charge in [0.05, 0.1) is 0 Å². The van der Waals surface area contributed by atoms with E-state index in [1.807, 2.05) is 0 Å². The highest BCUT2D eigenvalue weighted by Gasteiger charge is 2.12. The zero-order chi connectivity index (χ0) is 9.68. The standard InChI is InChI=1S/C12H20O/c1-3-12(10(2)13)9-11-7-5-4-6-8-11/h9,11H,3-8H2,1-2H3. The summed E-state index contributed by atoms with van der Waals surface area (Å²) < 4.78 is 0. The molecule has 0 aromatic rings. The van der Waals surface area contributed by atoms with Gasteiger partial charge in [-0.2, -0.15) is 0 Å². The van der Waals surface area contributed by atoms with Crippen LogP contribution in [0.3, 0.4) is 0 Å². The van der Waals surface area contributed by atoms with E-state index in [1.165, 1.54) is 32.1 Å². The van der Waals surface area contributed by atoms with Gasteiger partial charge in [-0.25, -0.2) is 0 Å². The molecule has 1 saturated carbocycles. The van der Waals surface area contributed by atoms with Crippen LogP contribution in [0.1, 0.15) is 52.4 Å². The molecule has 0 radical (unpaired) electrons. The van der Waals surface area contributed by atoms with Crippen LogP contribution in [-0.2, 0) is 4.79 Å². The summed E-state index contributed by atoms with van der Waals surface area (Å²) in [5, 5.41) is 0. The predicted molar refractivity (Wildman–Crippen MR) is 55.6 cm³/mol. The molecule has 1 aliphatic carbocycles. The van der Waals surface area contributed by atoms with Gasteiger partial charge in [0.25, 0.3) is 0 Å². The molecule has 0 saturated heterocycles. The number of carbonyl (C=O) groups is 1. The topological polar surface area (TPSA) is 17.1 Å². The molecule has 0 unspecified atom stereocenters. The molecule has 0 aliphatic heterocycles. The van der Waals surface area contributed by atoms with E-state index in [-0.39, 0.29) is 5.78 Å². The van der Waals surface area contributed by atoms with Crippen LogP contribution in [0.4, 0.5) is 0 Å². The van der Waals surface area contributed by atoms with Crippen molar-refractivity contribution in [2.75, 3.05) is 0 Å². The molecule has 0 aromatic carbocycles. The first-order valence-electron chi connectivity index (χ1n) is 5.45. The summed E-state index contributed by atoms with van der Waals surface area (Å²) in [4.78, 5) is 11.2. The van der Waals surface area contributed by atoms with Gasteiger partial charge in [0.1, 0.15) is 0 Å². The highest BCUT2D eigenvalue weighted by atomic mass is 16.1. The Hall–Kier alpha value is -0.590. The van der Waals surface area contributed by atoms with Crippen LogP contribution in [-0.4, -0.2) is 5.78 Å². The van der Waals surface area contributed by atoms with E-state index in [0.29, 0.717) is 5.92 Å². The summed E-state index contributed by atoms with van der Waals surface area (Å²) in [6.07, 6.45) is 9.76. The van der Waals surface area contributed by atoms with Gasteiger partial charge in [0.15, 0.2) is 5.78 Å². The maximum Gasteiger partial charge on any atom is 0.155 e. The number of hydrogen-bond donors (Lipinski definition) is 0. The monoisotopic (exact) mass is 180 g/mol. The van der Waals surface area contributed by atoms with Crippen LogP contribution in [0.2, 0.25) is 0 Å². The molecule has 0 aromatic heterocycles. The van der Waals surface area contributed by atoms with Crippen molar-refractivity contribution in [3.8, 4) is 0 Å². The summed E-state index contributed by atoms with van der Waals surface area (Å²) >= 11 is 0. The van der Waals surface area contributed by atoms with Crippen molar-refractivity contribution >= 4 is 5.78 Å². The lowest BCUT2D eigenvalue weighted by Crippen LogP contribution is -2.06. The quantitative estimate of drug-likeness (QED) is 0.607. The van der Waals surface area contributed by atoms with Crippen molar-refractivity contribution in [1.29, 1.82) is 0 Å². The van der Waals surface area contributed by atoms with Gasteiger partial charge >= 0.3 is 0 Å². The van der Waals surface area contributed by atoms with E-state index < -0.39 is 0 Å². The Kier molecular flexibility index (Phi) is 4.20. The summed E-state index contributed by atoms with van der Waals surface area (Å²) in [7, 11) is 0. The molecule has 0 spiro atoms. The Labute approximate surface area is 81.2 Å². The van der Waals surface area contributed by atoms with Gasteiger partial charge in [-0.05, 0) is 37.7 Å². The number of Topliss-reactive ketones (excluding diaryl/α,β-unsaturated/α-hetero) is 1. The molecule has 0 atom stereocenters. The van der Waals surface area contributed by atoms with Crippen molar-refractivity contribution in [2.24, 2.45) is 5.92 Å². The molecule has 1 rings (SSSR count). The smallest absolute Gasteiger partial charge is 0.155 e. The summed E-state index contributed by atoms with van der Waals surface area (Å²) in [5.41, 5.74) is 1.03. The number of ketones is 1. The van der Waals surface area contributed by atoms with Crippen molar-refractivity contribution in [2.45, 2.75) is 52.4 Å². The third-order valence-corrected chi connectivity index (χ3v) is 2.92. The van der Waals surface area contributed by atoms with Gasteiger partial charge in [-0.1, -0.05) is 32.3 Å². The average Bonchev–Trinajstić information content (AvgIpc) is 2.15. The van der Waals surface area contributed by atoms with E-state index in [2.05, 4.69) is 13.0 Å². The SMILES string of the molecule is CCC(=CC1CCCCC1)C(C)=O. The van der Waals surface area contributed by atoms with Gasteiger partial charge in [0, 0.05) is 0 Å². The normalized spacial score (nSPS) is 20.3. The van der Waals surface area contributed by atoms with Crippen molar-refractivity contribution in [3.05, 3.63) is 11.6 Å². The highest BCUT2D eigenvalue weighted by Crippen LogP contribution is 2.26. The molecule has 1 nitrogen and oxygen atoms in total. The van der Waals surface area contributed by atoms with Crippen molar-refractivity contribution in [1.82, 2.24) is 0 Å². The largest absolute Gasteiger partial charge is 0.295 e. The second kappa shape index (κ2) is 5.21. The summed E-state index contributed by atoms with van der Waals surface area (Å²) in [6.45, 7) is 3.74. The molecular formula is C12H20O. The lowest BCUT2D eigenvalue weighted by Gasteiger charge is -2.18. The molecule has 13 heavy (non-hydrogen) atoms. The maximum atomic E-state index is 11.2. The van der Waals surface area contributed by atoms with Gasteiger partial charge in [-0.3, -0.25) is 4.79 Å². The highest BCUT2D eigenvalue weighted by molar-refractivity contribution is 5.93. The van der Waals surface area contributed by atoms with Crippen LogP contribution in [0.15, 0.2) is 11.6 Å². The summed E-state index contributed by atoms with van der Waals surface area (Å²) in [5.74, 6) is 0.945. The molecule has 0 bridgehead atoms. The predicted octanol–water partition coefficient (Wildman–Crippen LogP) is 3.49. The van der Waals surface area contributed by atoms with Gasteiger partial charge in [0.2, 0.25) is 0 Å². The van der Waals surface area contributed by atoms with Crippen LogP contribution < -0.4 is 0 Å². The Morgan fingerprint density at radius 2 is 1.92 bits per heavy atom. The first kappa shape index (κ1) is 10.5. The number of rotatable bonds is 3. The Bertz CT molecular complexity index is 197. The minimum absolute atomic E-state index is 0.257. The molecule has 1 fully saturated rings. The lowest BCUT2D eigenvalue weighted by atomic mass is 9.87. The lowest BCUT2D eigenvalue weighted by molar-refractivity contribution is -0.113. The second-order valence-electron chi connectivity index (χ2n) is 4.00. The maximum absolute atomic E-state index is 11.2.